The summed E-state index contributed by atoms with van der Waals surface area (Å²) >= 11 is 0. The molecule has 0 bridgehead atoms. The highest BCUT2D eigenvalue weighted by Crippen LogP contribution is 2.34. The third-order valence-corrected chi connectivity index (χ3v) is 3.58. The first-order valence-electron chi connectivity index (χ1n) is 7.86. The number of methoxy groups -OCH3 is 2. The molecule has 0 saturated heterocycles. The van der Waals surface area contributed by atoms with Gasteiger partial charge in [0, 0.05) is 6.07 Å². The number of nitro benzene ring substituents is 2. The van der Waals surface area contributed by atoms with Gasteiger partial charge in [0.15, 0.2) is 0 Å². The Morgan fingerprint density at radius 1 is 0.897 bits per heavy atom. The van der Waals surface area contributed by atoms with Crippen molar-refractivity contribution in [2.75, 3.05) is 14.2 Å². The van der Waals surface area contributed by atoms with E-state index in [0.717, 1.165) is 32.4 Å². The highest BCUT2D eigenvalue weighted by atomic mass is 16.6. The van der Waals surface area contributed by atoms with Crippen molar-refractivity contribution in [1.29, 1.82) is 0 Å². The Balaban J connectivity index is 2.30. The van der Waals surface area contributed by atoms with E-state index in [2.05, 4.69) is 9.47 Å². The molecule has 0 heterocycles. The first-order valence-corrected chi connectivity index (χ1v) is 7.86. The molecule has 0 aromatic heterocycles. The second-order valence-electron chi connectivity index (χ2n) is 5.38. The van der Waals surface area contributed by atoms with Gasteiger partial charge >= 0.3 is 17.6 Å². The van der Waals surface area contributed by atoms with E-state index in [1.807, 2.05) is 0 Å². The summed E-state index contributed by atoms with van der Waals surface area (Å²) in [6.07, 6.45) is 1.25. The minimum atomic E-state index is -0.876. The number of nitrogens with zero attached hydrogens (tertiary/aromatic N) is 2. The van der Waals surface area contributed by atoms with E-state index in [1.165, 1.54) is 30.3 Å². The van der Waals surface area contributed by atoms with Crippen molar-refractivity contribution in [3.63, 3.8) is 0 Å². The summed E-state index contributed by atoms with van der Waals surface area (Å²) in [5.41, 5.74) is -0.902. The van der Waals surface area contributed by atoms with E-state index in [0.29, 0.717) is 5.56 Å². The van der Waals surface area contributed by atoms with Crippen LogP contribution in [0.1, 0.15) is 5.56 Å². The summed E-state index contributed by atoms with van der Waals surface area (Å²) < 4.78 is 14.5. The van der Waals surface area contributed by atoms with Gasteiger partial charge in [0.25, 0.3) is 5.69 Å². The van der Waals surface area contributed by atoms with Gasteiger partial charge < -0.3 is 14.2 Å². The number of hydrogen-bond donors (Lipinski definition) is 0. The molecular formula is C18H14N2O9. The van der Waals surface area contributed by atoms with E-state index in [9.17, 15) is 29.8 Å². The van der Waals surface area contributed by atoms with E-state index in [4.69, 9.17) is 4.74 Å². The minimum absolute atomic E-state index is 0.186. The zero-order valence-corrected chi connectivity index (χ0v) is 15.2. The predicted octanol–water partition coefficient (Wildman–Crippen LogP) is 3.02. The lowest BCUT2D eigenvalue weighted by Crippen LogP contribution is -2.15. The summed E-state index contributed by atoms with van der Waals surface area (Å²) in [7, 11) is 2.24. The smallest absolute Gasteiger partial charge is 0.345 e. The number of carbonyl (C=O) groups excluding carboxylic acids is 2. The Morgan fingerprint density at radius 3 is 1.97 bits per heavy atom. The molecular weight excluding hydrogens is 388 g/mol. The van der Waals surface area contributed by atoms with Crippen molar-refractivity contribution in [1.82, 2.24) is 0 Å². The molecule has 29 heavy (non-hydrogen) atoms. The number of hydrogen-bond acceptors (Lipinski definition) is 9. The molecule has 2 aromatic rings. The fourth-order valence-corrected chi connectivity index (χ4v) is 2.20. The van der Waals surface area contributed by atoms with Gasteiger partial charge in [-0.05, 0) is 29.8 Å². The van der Waals surface area contributed by atoms with Crippen LogP contribution in [0.5, 0.6) is 11.5 Å². The highest BCUT2D eigenvalue weighted by molar-refractivity contribution is 6.17. The van der Waals surface area contributed by atoms with Crippen LogP contribution in [0.4, 0.5) is 11.4 Å². The fourth-order valence-electron chi connectivity index (χ4n) is 2.20. The first kappa shape index (κ1) is 21.0. The lowest BCUT2D eigenvalue weighted by Gasteiger charge is -2.07. The predicted molar refractivity (Wildman–Crippen MR) is 98.3 cm³/mol. The molecule has 0 radical (unpaired) electrons. The lowest BCUT2D eigenvalue weighted by atomic mass is 10.1. The standard InChI is InChI=1S/C18H14N2O9/c1-27-17(21)14(18(22)28-2)9-11-3-6-13(7-4-11)29-16-8-5-12(19(23)24)10-15(16)20(25)26/h3-10H,1-2H3. The Labute approximate surface area is 163 Å². The average Bonchev–Trinajstić information content (AvgIpc) is 2.72. The summed E-state index contributed by atoms with van der Waals surface area (Å²) in [5, 5.41) is 21.9. The maximum atomic E-state index is 11.7. The van der Waals surface area contributed by atoms with E-state index in [1.54, 1.807) is 0 Å². The summed E-state index contributed by atoms with van der Waals surface area (Å²) in [6, 6.07) is 8.84. The maximum Gasteiger partial charge on any atom is 0.345 e. The second-order valence-corrected chi connectivity index (χ2v) is 5.38. The molecule has 0 aliphatic heterocycles. The number of esters is 2. The van der Waals surface area contributed by atoms with Gasteiger partial charge in [0.1, 0.15) is 11.3 Å². The van der Waals surface area contributed by atoms with Crippen molar-refractivity contribution in [2.24, 2.45) is 0 Å². The molecule has 0 saturated carbocycles. The lowest BCUT2D eigenvalue weighted by molar-refractivity contribution is -0.394. The van der Waals surface area contributed by atoms with Crippen LogP contribution in [0, 0.1) is 20.2 Å². The number of carbonyl (C=O) groups is 2. The monoisotopic (exact) mass is 402 g/mol. The van der Waals surface area contributed by atoms with Crippen LogP contribution in [-0.4, -0.2) is 36.0 Å². The molecule has 11 heteroatoms. The molecule has 2 rings (SSSR count). The second kappa shape index (κ2) is 9.08. The molecule has 0 aliphatic rings. The molecule has 0 unspecified atom stereocenters. The highest BCUT2D eigenvalue weighted by Gasteiger charge is 2.22. The SMILES string of the molecule is COC(=O)C(=Cc1ccc(Oc2ccc([N+](=O)[O-])cc2[N+](=O)[O-])cc1)C(=O)OC. The van der Waals surface area contributed by atoms with Gasteiger partial charge in [-0.15, -0.1) is 0 Å². The average molecular weight is 402 g/mol. The third-order valence-electron chi connectivity index (χ3n) is 3.58. The van der Waals surface area contributed by atoms with Crippen molar-refractivity contribution in [3.8, 4) is 11.5 Å². The summed E-state index contributed by atoms with van der Waals surface area (Å²) in [6.45, 7) is 0. The van der Waals surface area contributed by atoms with Crippen molar-refractivity contribution in [3.05, 3.63) is 73.8 Å². The fraction of sp³-hybridized carbons (Fsp3) is 0.111. The van der Waals surface area contributed by atoms with Gasteiger partial charge in [0.2, 0.25) is 5.75 Å². The Hall–Kier alpha value is -4.28. The van der Waals surface area contributed by atoms with Crippen LogP contribution in [0.2, 0.25) is 0 Å². The van der Waals surface area contributed by atoms with Gasteiger partial charge in [-0.1, -0.05) is 12.1 Å². The Bertz CT molecular complexity index is 979. The molecule has 0 fully saturated rings. The normalized spacial score (nSPS) is 9.86. The van der Waals surface area contributed by atoms with Gasteiger partial charge in [-0.25, -0.2) is 9.59 Å². The largest absolute Gasteiger partial charge is 0.465 e. The molecule has 0 atom stereocenters. The topological polar surface area (TPSA) is 148 Å². The van der Waals surface area contributed by atoms with Gasteiger partial charge in [0.05, 0.1) is 30.1 Å². The van der Waals surface area contributed by atoms with Gasteiger partial charge in [-0.3, -0.25) is 20.2 Å². The third kappa shape index (κ3) is 5.13. The maximum absolute atomic E-state index is 11.7. The van der Waals surface area contributed by atoms with E-state index >= 15 is 0 Å². The molecule has 0 aliphatic carbocycles. The van der Waals surface area contributed by atoms with Crippen LogP contribution >= 0.6 is 0 Å². The molecule has 0 amide bonds. The van der Waals surface area contributed by atoms with E-state index in [-0.39, 0.29) is 17.1 Å². The zero-order chi connectivity index (χ0) is 21.6. The number of benzene rings is 2. The number of rotatable bonds is 7. The minimum Gasteiger partial charge on any atom is -0.465 e. The zero-order valence-electron chi connectivity index (χ0n) is 15.2. The van der Waals surface area contributed by atoms with Crippen LogP contribution in [0.25, 0.3) is 6.08 Å². The molecule has 0 N–H and O–H groups in total. The van der Waals surface area contributed by atoms with Gasteiger partial charge in [-0.2, -0.15) is 0 Å². The first-order chi connectivity index (χ1) is 13.8. The summed E-state index contributed by atoms with van der Waals surface area (Å²) in [4.78, 5) is 43.7. The van der Waals surface area contributed by atoms with Crippen LogP contribution in [0.3, 0.4) is 0 Å². The van der Waals surface area contributed by atoms with Crippen molar-refractivity contribution < 1.29 is 33.6 Å². The van der Waals surface area contributed by atoms with Crippen molar-refractivity contribution >= 4 is 29.4 Å². The number of non-ortho nitro benzene ring substituents is 1. The molecule has 11 nitrogen and oxygen atoms in total. The quantitative estimate of drug-likeness (QED) is 0.170. The Kier molecular flexibility index (Phi) is 6.58. The van der Waals surface area contributed by atoms with Crippen molar-refractivity contribution in [2.45, 2.75) is 0 Å². The van der Waals surface area contributed by atoms with Crippen LogP contribution in [-0.2, 0) is 19.1 Å². The number of nitro groups is 2. The molecule has 150 valence electrons. The van der Waals surface area contributed by atoms with Crippen LogP contribution < -0.4 is 4.74 Å². The molecule has 2 aromatic carbocycles. The molecule has 0 spiro atoms. The van der Waals surface area contributed by atoms with E-state index < -0.39 is 33.2 Å². The van der Waals surface area contributed by atoms with Crippen LogP contribution in [0.15, 0.2) is 48.0 Å². The Morgan fingerprint density at radius 2 is 1.48 bits per heavy atom. The summed E-state index contributed by atoms with van der Waals surface area (Å²) in [5.74, 6) is -1.75. The number of ether oxygens (including phenoxy) is 3.